The summed E-state index contributed by atoms with van der Waals surface area (Å²) in [5.74, 6) is 0.591. The van der Waals surface area contributed by atoms with Gasteiger partial charge in [-0.1, -0.05) is 0 Å². The maximum atomic E-state index is 12.3. The third-order valence-corrected chi connectivity index (χ3v) is 4.30. The van der Waals surface area contributed by atoms with Crippen molar-refractivity contribution in [1.29, 1.82) is 0 Å². The van der Waals surface area contributed by atoms with Gasteiger partial charge in [-0.2, -0.15) is 0 Å². The summed E-state index contributed by atoms with van der Waals surface area (Å²) in [6.45, 7) is 2.49. The molecule has 0 aliphatic carbocycles. The van der Waals surface area contributed by atoms with Crippen molar-refractivity contribution < 1.29 is 27.8 Å². The van der Waals surface area contributed by atoms with Crippen LogP contribution in [0.3, 0.4) is 0 Å². The van der Waals surface area contributed by atoms with E-state index in [0.717, 1.165) is 5.69 Å². The van der Waals surface area contributed by atoms with Gasteiger partial charge in [0.25, 0.3) is 11.3 Å². The average molecular weight is 394 g/mol. The summed E-state index contributed by atoms with van der Waals surface area (Å²) in [4.78, 5) is 14.2. The van der Waals surface area contributed by atoms with Crippen LogP contribution in [-0.4, -0.2) is 42.6 Å². The molecule has 1 atom stereocenters. The molecule has 9 heteroatoms. The lowest BCUT2D eigenvalue weighted by Gasteiger charge is -2.26. The molecule has 0 spiro atoms. The summed E-state index contributed by atoms with van der Waals surface area (Å²) in [7, 11) is 4.39. The number of nitrogens with zero attached hydrogens (tertiary/aromatic N) is 1. The highest BCUT2D eigenvalue weighted by atomic mass is 32.2. The Kier molecular flexibility index (Phi) is 7.03. The monoisotopic (exact) mass is 394 g/mol. The number of benzene rings is 2. The van der Waals surface area contributed by atoms with E-state index < -0.39 is 17.2 Å². The SMILES string of the molecule is CCN(c1ccc(OC)c(OC)c1)c1ccc(NS(=O)O)cc1C(=O)OC. The van der Waals surface area contributed by atoms with Gasteiger partial charge in [0.1, 0.15) is 0 Å². The van der Waals surface area contributed by atoms with E-state index in [2.05, 4.69) is 4.72 Å². The molecule has 0 fully saturated rings. The van der Waals surface area contributed by atoms with E-state index >= 15 is 0 Å². The fourth-order valence-corrected chi connectivity index (χ4v) is 3.02. The minimum Gasteiger partial charge on any atom is -0.493 e. The van der Waals surface area contributed by atoms with Gasteiger partial charge in [-0.15, -0.1) is 0 Å². The maximum absolute atomic E-state index is 12.3. The number of rotatable bonds is 8. The highest BCUT2D eigenvalue weighted by Crippen LogP contribution is 2.36. The quantitative estimate of drug-likeness (QED) is 0.524. The van der Waals surface area contributed by atoms with Crippen LogP contribution in [0, 0.1) is 0 Å². The predicted molar refractivity (Wildman–Crippen MR) is 104 cm³/mol. The fourth-order valence-electron chi connectivity index (χ4n) is 2.69. The highest BCUT2D eigenvalue weighted by molar-refractivity contribution is 7.80. The molecule has 0 aromatic heterocycles. The third kappa shape index (κ3) is 4.69. The van der Waals surface area contributed by atoms with Gasteiger partial charge >= 0.3 is 5.97 Å². The van der Waals surface area contributed by atoms with E-state index in [1.165, 1.54) is 13.2 Å². The first kappa shape index (κ1) is 20.5. The zero-order valence-electron chi connectivity index (χ0n) is 15.5. The van der Waals surface area contributed by atoms with Gasteiger partial charge < -0.3 is 19.1 Å². The summed E-state index contributed by atoms with van der Waals surface area (Å²) >= 11 is -2.25. The Morgan fingerprint density at radius 1 is 1.11 bits per heavy atom. The second kappa shape index (κ2) is 9.24. The van der Waals surface area contributed by atoms with Crippen molar-refractivity contribution in [3.8, 4) is 11.5 Å². The normalized spacial score (nSPS) is 11.4. The van der Waals surface area contributed by atoms with Crippen LogP contribution < -0.4 is 19.1 Å². The Labute approximate surface area is 160 Å². The number of hydrogen-bond donors (Lipinski definition) is 2. The minimum absolute atomic E-state index is 0.254. The van der Waals surface area contributed by atoms with E-state index in [1.807, 2.05) is 17.9 Å². The molecule has 0 heterocycles. The molecule has 0 saturated heterocycles. The van der Waals surface area contributed by atoms with Gasteiger partial charge in [-0.05, 0) is 37.3 Å². The van der Waals surface area contributed by atoms with Gasteiger partial charge in [-0.25, -0.2) is 9.00 Å². The molecule has 0 amide bonds. The summed E-state index contributed by atoms with van der Waals surface area (Å²) in [6.07, 6.45) is 0. The molecule has 0 saturated carbocycles. The number of carbonyl (C=O) groups is 1. The molecule has 2 aromatic carbocycles. The van der Waals surface area contributed by atoms with E-state index in [4.69, 9.17) is 18.8 Å². The fraction of sp³-hybridized carbons (Fsp3) is 0.278. The van der Waals surface area contributed by atoms with Crippen molar-refractivity contribution in [3.63, 3.8) is 0 Å². The Hall–Kier alpha value is -2.78. The molecular weight excluding hydrogens is 372 g/mol. The standard InChI is InChI=1S/C18H22N2O6S/c1-5-20(13-7-9-16(24-2)17(11-13)25-3)15-8-6-12(19-27(22)23)10-14(15)18(21)26-4/h6-11,19H,5H2,1-4H3,(H,22,23). The number of methoxy groups -OCH3 is 3. The zero-order chi connectivity index (χ0) is 20.0. The number of nitrogens with one attached hydrogen (secondary N) is 1. The van der Waals surface area contributed by atoms with Crippen molar-refractivity contribution in [3.05, 3.63) is 42.0 Å². The Balaban J connectivity index is 2.55. The molecule has 146 valence electrons. The van der Waals surface area contributed by atoms with Gasteiger partial charge in [0.2, 0.25) is 0 Å². The Morgan fingerprint density at radius 3 is 2.37 bits per heavy atom. The van der Waals surface area contributed by atoms with Gasteiger partial charge in [0.15, 0.2) is 11.5 Å². The van der Waals surface area contributed by atoms with Gasteiger partial charge in [0.05, 0.1) is 32.6 Å². The van der Waals surface area contributed by atoms with Crippen molar-refractivity contribution in [2.45, 2.75) is 6.92 Å². The van der Waals surface area contributed by atoms with Crippen LogP contribution in [0.4, 0.5) is 17.1 Å². The summed E-state index contributed by atoms with van der Waals surface area (Å²) < 4.78 is 37.8. The molecule has 2 aromatic rings. The topological polar surface area (TPSA) is 97.3 Å². The molecule has 0 radical (unpaired) electrons. The number of hydrogen-bond acceptors (Lipinski definition) is 6. The average Bonchev–Trinajstić information content (AvgIpc) is 2.68. The molecular formula is C18H22N2O6S. The summed E-state index contributed by atoms with van der Waals surface area (Å²) in [5.41, 5.74) is 1.95. The smallest absolute Gasteiger partial charge is 0.340 e. The Bertz CT molecular complexity index is 843. The molecule has 0 bridgehead atoms. The van der Waals surface area contributed by atoms with Crippen LogP contribution in [0.2, 0.25) is 0 Å². The first-order valence-electron chi connectivity index (χ1n) is 8.04. The van der Waals surface area contributed by atoms with Crippen LogP contribution in [0.5, 0.6) is 11.5 Å². The predicted octanol–water partition coefficient (Wildman–Crippen LogP) is 3.20. The molecule has 8 nitrogen and oxygen atoms in total. The first-order valence-corrected chi connectivity index (χ1v) is 9.15. The number of ether oxygens (including phenoxy) is 3. The van der Waals surface area contributed by atoms with Gasteiger partial charge in [0, 0.05) is 24.0 Å². The van der Waals surface area contributed by atoms with Gasteiger partial charge in [-0.3, -0.25) is 9.27 Å². The van der Waals surface area contributed by atoms with Crippen molar-refractivity contribution in [1.82, 2.24) is 0 Å². The number of carbonyl (C=O) groups excluding carboxylic acids is 1. The van der Waals surface area contributed by atoms with E-state index in [9.17, 15) is 9.00 Å². The van der Waals surface area contributed by atoms with Crippen LogP contribution in [0.1, 0.15) is 17.3 Å². The lowest BCUT2D eigenvalue weighted by atomic mass is 10.1. The lowest BCUT2D eigenvalue weighted by Crippen LogP contribution is -2.20. The third-order valence-electron chi connectivity index (χ3n) is 3.89. The highest BCUT2D eigenvalue weighted by Gasteiger charge is 2.20. The Morgan fingerprint density at radius 2 is 1.81 bits per heavy atom. The largest absolute Gasteiger partial charge is 0.493 e. The van der Waals surface area contributed by atoms with Crippen LogP contribution in [0.15, 0.2) is 36.4 Å². The second-order valence-electron chi connectivity index (χ2n) is 5.36. The molecule has 0 aliphatic rings. The second-order valence-corrected chi connectivity index (χ2v) is 6.06. The molecule has 27 heavy (non-hydrogen) atoms. The molecule has 2 N–H and O–H groups in total. The van der Waals surface area contributed by atoms with E-state index in [0.29, 0.717) is 29.4 Å². The van der Waals surface area contributed by atoms with Crippen LogP contribution in [-0.2, 0) is 16.0 Å². The lowest BCUT2D eigenvalue weighted by molar-refractivity contribution is 0.0601. The van der Waals surface area contributed by atoms with Crippen LogP contribution >= 0.6 is 0 Å². The van der Waals surface area contributed by atoms with Crippen LogP contribution in [0.25, 0.3) is 0 Å². The zero-order valence-corrected chi connectivity index (χ0v) is 16.3. The van der Waals surface area contributed by atoms with E-state index in [-0.39, 0.29) is 5.56 Å². The molecule has 0 aliphatic heterocycles. The minimum atomic E-state index is -2.25. The van der Waals surface area contributed by atoms with Crippen molar-refractivity contribution >= 4 is 34.3 Å². The number of anilines is 3. The van der Waals surface area contributed by atoms with E-state index in [1.54, 1.807) is 38.5 Å². The first-order chi connectivity index (χ1) is 12.9. The summed E-state index contributed by atoms with van der Waals surface area (Å²) in [5, 5.41) is 0. The molecule has 1 unspecified atom stereocenters. The number of esters is 1. The van der Waals surface area contributed by atoms with Crippen molar-refractivity contribution in [2.75, 3.05) is 37.5 Å². The maximum Gasteiger partial charge on any atom is 0.340 e. The summed E-state index contributed by atoms with van der Waals surface area (Å²) in [6, 6.07) is 10.2. The van der Waals surface area contributed by atoms with Crippen molar-refractivity contribution in [2.24, 2.45) is 0 Å². The molecule has 2 rings (SSSR count).